The number of hydrazone groups is 1. The summed E-state index contributed by atoms with van der Waals surface area (Å²) >= 11 is 6.14. The van der Waals surface area contributed by atoms with Crippen molar-refractivity contribution in [3.8, 4) is 11.1 Å². The van der Waals surface area contributed by atoms with Crippen molar-refractivity contribution in [2.24, 2.45) is 5.10 Å². The molecule has 5 heteroatoms. The van der Waals surface area contributed by atoms with E-state index in [4.69, 9.17) is 11.6 Å². The van der Waals surface area contributed by atoms with E-state index in [1.54, 1.807) is 6.21 Å². The second kappa shape index (κ2) is 5.58. The van der Waals surface area contributed by atoms with Crippen molar-refractivity contribution in [2.75, 3.05) is 11.6 Å². The third kappa shape index (κ3) is 2.76. The van der Waals surface area contributed by atoms with Crippen LogP contribution in [0.5, 0.6) is 0 Å². The first-order chi connectivity index (χ1) is 10.1. The lowest BCUT2D eigenvalue weighted by Crippen LogP contribution is -2.41. The van der Waals surface area contributed by atoms with Crippen molar-refractivity contribution in [1.82, 2.24) is 5.32 Å². The minimum absolute atomic E-state index is 0.233. The van der Waals surface area contributed by atoms with Crippen LogP contribution in [0.1, 0.15) is 5.56 Å². The third-order valence-corrected chi connectivity index (χ3v) is 3.44. The Bertz CT molecular complexity index is 707. The summed E-state index contributed by atoms with van der Waals surface area (Å²) in [4.78, 5) is 12.0. The van der Waals surface area contributed by atoms with Crippen LogP contribution in [0.15, 0.2) is 47.6 Å². The average Bonchev–Trinajstić information content (AvgIpc) is 2.47. The summed E-state index contributed by atoms with van der Waals surface area (Å²) in [5.41, 5.74) is 3.67. The molecule has 0 atom stereocenters. The Morgan fingerprint density at radius 3 is 2.81 bits per heavy atom. The highest BCUT2D eigenvalue weighted by Crippen LogP contribution is 2.33. The van der Waals surface area contributed by atoms with Gasteiger partial charge in [-0.25, -0.2) is 4.79 Å². The number of halogens is 1. The first kappa shape index (κ1) is 13.6. The smallest absolute Gasteiger partial charge is 0.331 e. The van der Waals surface area contributed by atoms with E-state index in [0.29, 0.717) is 11.6 Å². The van der Waals surface area contributed by atoms with Gasteiger partial charge in [0.15, 0.2) is 0 Å². The second-order valence-electron chi connectivity index (χ2n) is 4.83. The van der Waals surface area contributed by atoms with Crippen LogP contribution in [-0.2, 0) is 0 Å². The number of nitrogens with one attached hydrogen (secondary N) is 1. The van der Waals surface area contributed by atoms with Gasteiger partial charge in [-0.3, -0.25) is 0 Å². The van der Waals surface area contributed by atoms with Gasteiger partial charge >= 0.3 is 6.03 Å². The van der Waals surface area contributed by atoms with Gasteiger partial charge in [-0.15, -0.1) is 0 Å². The summed E-state index contributed by atoms with van der Waals surface area (Å²) in [6, 6.07) is 13.2. The second-order valence-corrected chi connectivity index (χ2v) is 5.27. The van der Waals surface area contributed by atoms with Gasteiger partial charge in [0.25, 0.3) is 0 Å². The zero-order valence-corrected chi connectivity index (χ0v) is 12.3. The van der Waals surface area contributed by atoms with Gasteiger partial charge in [-0.05, 0) is 36.2 Å². The molecule has 0 unspecified atom stereocenters. The quantitative estimate of drug-likeness (QED) is 0.900. The summed E-state index contributed by atoms with van der Waals surface area (Å²) < 4.78 is 0. The summed E-state index contributed by atoms with van der Waals surface area (Å²) in [5, 5.41) is 8.96. The van der Waals surface area contributed by atoms with Gasteiger partial charge in [0, 0.05) is 16.8 Å². The number of carbonyl (C=O) groups excluding carboxylic acids is 1. The summed E-state index contributed by atoms with van der Waals surface area (Å²) in [6.07, 6.45) is 1.67. The predicted molar refractivity (Wildman–Crippen MR) is 86.0 cm³/mol. The van der Waals surface area contributed by atoms with Crippen LogP contribution in [0.2, 0.25) is 5.02 Å². The van der Waals surface area contributed by atoms with Gasteiger partial charge < -0.3 is 5.32 Å². The van der Waals surface area contributed by atoms with Gasteiger partial charge in [-0.2, -0.15) is 10.1 Å². The van der Waals surface area contributed by atoms with Gasteiger partial charge in [0.2, 0.25) is 0 Å². The number of hydrogen-bond acceptors (Lipinski definition) is 2. The first-order valence-electron chi connectivity index (χ1n) is 6.62. The topological polar surface area (TPSA) is 44.7 Å². The lowest BCUT2D eigenvalue weighted by Gasteiger charge is -2.23. The summed E-state index contributed by atoms with van der Waals surface area (Å²) in [5.74, 6) is 0. The fourth-order valence-corrected chi connectivity index (χ4v) is 2.64. The predicted octanol–water partition coefficient (Wildman–Crippen LogP) is 3.83. The lowest BCUT2D eigenvalue weighted by molar-refractivity contribution is 0.247. The number of nitrogens with zero attached hydrogens (tertiary/aromatic N) is 2. The molecular formula is C16H14ClN3O. The number of aryl methyl sites for hydroxylation is 1. The van der Waals surface area contributed by atoms with Gasteiger partial charge in [0.05, 0.1) is 12.2 Å². The van der Waals surface area contributed by atoms with Gasteiger partial charge in [-0.1, -0.05) is 35.9 Å². The normalized spacial score (nSPS) is 14.2. The maximum absolute atomic E-state index is 12.0. The van der Waals surface area contributed by atoms with E-state index >= 15 is 0 Å². The van der Waals surface area contributed by atoms with Crippen LogP contribution in [0, 0.1) is 6.92 Å². The molecule has 21 heavy (non-hydrogen) atoms. The number of hydrogen-bond donors (Lipinski definition) is 1. The molecule has 0 spiro atoms. The fraction of sp³-hybridized carbons (Fsp3) is 0.125. The molecule has 1 aliphatic heterocycles. The largest absolute Gasteiger partial charge is 0.342 e. The molecule has 1 aliphatic rings. The molecule has 0 fully saturated rings. The number of para-hydroxylation sites is 1. The Labute approximate surface area is 128 Å². The van der Waals surface area contributed by atoms with E-state index in [0.717, 1.165) is 22.4 Å². The van der Waals surface area contributed by atoms with E-state index in [2.05, 4.69) is 10.4 Å². The zero-order valence-electron chi connectivity index (χ0n) is 11.5. The Morgan fingerprint density at radius 1 is 1.24 bits per heavy atom. The van der Waals surface area contributed by atoms with Crippen LogP contribution in [0.25, 0.3) is 11.1 Å². The monoisotopic (exact) mass is 299 g/mol. The minimum Gasteiger partial charge on any atom is -0.331 e. The van der Waals surface area contributed by atoms with Crippen LogP contribution in [0.3, 0.4) is 0 Å². The molecule has 0 saturated carbocycles. The molecule has 106 valence electrons. The molecule has 1 N–H and O–H groups in total. The molecule has 0 saturated heterocycles. The summed E-state index contributed by atoms with van der Waals surface area (Å²) in [7, 11) is 0. The highest BCUT2D eigenvalue weighted by atomic mass is 35.5. The van der Waals surface area contributed by atoms with Crippen LogP contribution in [-0.4, -0.2) is 18.8 Å². The van der Waals surface area contributed by atoms with Crippen molar-refractivity contribution in [3.63, 3.8) is 0 Å². The van der Waals surface area contributed by atoms with E-state index in [-0.39, 0.29) is 6.03 Å². The third-order valence-electron chi connectivity index (χ3n) is 3.22. The Kier molecular flexibility index (Phi) is 3.62. The molecule has 1 heterocycles. The van der Waals surface area contributed by atoms with E-state index in [9.17, 15) is 4.79 Å². The summed E-state index contributed by atoms with van der Waals surface area (Å²) in [6.45, 7) is 2.44. The van der Waals surface area contributed by atoms with Crippen molar-refractivity contribution >= 4 is 29.5 Å². The van der Waals surface area contributed by atoms with Crippen LogP contribution >= 0.6 is 11.6 Å². The maximum atomic E-state index is 12.0. The average molecular weight is 300 g/mol. The van der Waals surface area contributed by atoms with E-state index in [1.165, 1.54) is 5.01 Å². The molecule has 4 nitrogen and oxygen atoms in total. The number of anilines is 1. The number of carbonyl (C=O) groups is 1. The number of amides is 2. The van der Waals surface area contributed by atoms with Crippen molar-refractivity contribution in [2.45, 2.75) is 6.92 Å². The molecule has 0 radical (unpaired) electrons. The lowest BCUT2D eigenvalue weighted by atomic mass is 10.0. The number of rotatable bonds is 2. The van der Waals surface area contributed by atoms with Gasteiger partial charge in [0.1, 0.15) is 0 Å². The number of benzene rings is 2. The standard InChI is InChI=1S/C16H14ClN3O/c1-11-8-12(10-13(17)9-11)14-4-2-3-5-15(14)20-16(21)18-6-7-19-20/h2-5,7-10H,6H2,1H3,(H,18,21). The fourth-order valence-electron chi connectivity index (χ4n) is 2.35. The first-order valence-corrected chi connectivity index (χ1v) is 7.00. The Hall–Kier alpha value is -2.33. The zero-order chi connectivity index (χ0) is 14.8. The number of urea groups is 1. The Morgan fingerprint density at radius 2 is 2.05 bits per heavy atom. The van der Waals surface area contributed by atoms with Crippen LogP contribution in [0.4, 0.5) is 10.5 Å². The molecule has 2 amide bonds. The van der Waals surface area contributed by atoms with Crippen molar-refractivity contribution in [1.29, 1.82) is 0 Å². The highest BCUT2D eigenvalue weighted by molar-refractivity contribution is 6.31. The molecular weight excluding hydrogens is 286 g/mol. The van der Waals surface area contributed by atoms with Crippen molar-refractivity contribution < 1.29 is 4.79 Å². The highest BCUT2D eigenvalue weighted by Gasteiger charge is 2.20. The molecule has 2 aromatic carbocycles. The Balaban J connectivity index is 2.13. The SMILES string of the molecule is Cc1cc(Cl)cc(-c2ccccc2N2N=CCNC2=O)c1. The molecule has 0 aliphatic carbocycles. The maximum Gasteiger partial charge on any atom is 0.342 e. The van der Waals surface area contributed by atoms with Crippen molar-refractivity contribution in [3.05, 3.63) is 53.1 Å². The minimum atomic E-state index is -0.233. The van der Waals surface area contributed by atoms with Crippen LogP contribution < -0.4 is 10.3 Å². The van der Waals surface area contributed by atoms with E-state index in [1.807, 2.05) is 49.4 Å². The molecule has 0 aromatic heterocycles. The molecule has 0 bridgehead atoms. The molecule has 3 rings (SSSR count). The molecule has 2 aromatic rings. The van der Waals surface area contributed by atoms with E-state index < -0.39 is 0 Å².